The predicted molar refractivity (Wildman–Crippen MR) is 151 cm³/mol. The van der Waals surface area contributed by atoms with Crippen LogP contribution >= 0.6 is 0 Å². The highest BCUT2D eigenvalue weighted by molar-refractivity contribution is 8.04. The van der Waals surface area contributed by atoms with Crippen molar-refractivity contribution in [3.63, 3.8) is 0 Å². The van der Waals surface area contributed by atoms with E-state index in [0.29, 0.717) is 18.4 Å². The number of rotatable bonds is 8. The smallest absolute Gasteiger partial charge is 0.293 e. The van der Waals surface area contributed by atoms with Gasteiger partial charge >= 0.3 is 0 Å². The first-order valence-electron chi connectivity index (χ1n) is 13.5. The monoisotopic (exact) mass is 574 g/mol. The number of nitrogens with one attached hydrogen (secondary N) is 1. The zero-order valence-electron chi connectivity index (χ0n) is 22.5. The number of pyridine rings is 1. The molecule has 2 fully saturated rings. The molecular formula is C30H30N4O6S. The lowest BCUT2D eigenvalue weighted by Gasteiger charge is -2.28. The maximum Gasteiger partial charge on any atom is 0.293 e. The van der Waals surface area contributed by atoms with Crippen molar-refractivity contribution in [3.8, 4) is 11.1 Å². The Kier molecular flexibility index (Phi) is 8.09. The van der Waals surface area contributed by atoms with Gasteiger partial charge < -0.3 is 10.2 Å². The van der Waals surface area contributed by atoms with Crippen LogP contribution in [0, 0.1) is 0 Å². The van der Waals surface area contributed by atoms with Crippen LogP contribution in [-0.4, -0.2) is 76.5 Å². The van der Waals surface area contributed by atoms with E-state index >= 15 is 0 Å². The molecular weight excluding hydrogens is 544 g/mol. The van der Waals surface area contributed by atoms with Crippen LogP contribution in [0.3, 0.4) is 0 Å². The molecule has 1 N–H and O–H groups in total. The fourth-order valence-electron chi connectivity index (χ4n) is 5.51. The average molecular weight is 575 g/mol. The van der Waals surface area contributed by atoms with Gasteiger partial charge in [0.25, 0.3) is 21.0 Å². The number of aromatic nitrogens is 1. The number of benzene rings is 2. The second-order valence-electron chi connectivity index (χ2n) is 10.1. The highest BCUT2D eigenvalue weighted by Gasteiger charge is 2.55. The van der Waals surface area contributed by atoms with E-state index in [1.807, 2.05) is 49.4 Å². The van der Waals surface area contributed by atoms with E-state index in [-0.39, 0.29) is 18.5 Å². The molecule has 1 aromatic heterocycles. The van der Waals surface area contributed by atoms with E-state index in [1.54, 1.807) is 12.1 Å². The summed E-state index contributed by atoms with van der Waals surface area (Å²) in [7, 11) is -4.51. The molecule has 0 radical (unpaired) electrons. The van der Waals surface area contributed by atoms with Gasteiger partial charge in [-0.2, -0.15) is 4.31 Å². The number of ketones is 1. The van der Waals surface area contributed by atoms with Crippen molar-refractivity contribution in [1.29, 1.82) is 0 Å². The summed E-state index contributed by atoms with van der Waals surface area (Å²) in [5, 5.41) is 1.67. The van der Waals surface area contributed by atoms with Crippen molar-refractivity contribution in [2.24, 2.45) is 0 Å². The van der Waals surface area contributed by atoms with Crippen LogP contribution in [0.2, 0.25) is 0 Å². The first-order valence-corrected chi connectivity index (χ1v) is 14.9. The predicted octanol–water partition coefficient (Wildman–Crippen LogP) is 2.67. The molecule has 3 unspecified atom stereocenters. The van der Waals surface area contributed by atoms with Crippen LogP contribution in [0.1, 0.15) is 46.9 Å². The van der Waals surface area contributed by atoms with Gasteiger partial charge in [-0.1, -0.05) is 55.8 Å². The minimum atomic E-state index is -4.51. The fourth-order valence-corrected chi connectivity index (χ4v) is 7.02. The van der Waals surface area contributed by atoms with Gasteiger partial charge in [0.15, 0.2) is 5.78 Å². The summed E-state index contributed by atoms with van der Waals surface area (Å²) in [5.74, 6) is -1.32. The molecule has 0 saturated carbocycles. The van der Waals surface area contributed by atoms with Crippen LogP contribution in [0.5, 0.6) is 0 Å². The van der Waals surface area contributed by atoms with Crippen molar-refractivity contribution in [3.05, 3.63) is 90.3 Å². The molecule has 2 amide bonds. The van der Waals surface area contributed by atoms with E-state index in [2.05, 4.69) is 10.3 Å². The molecule has 2 aliphatic heterocycles. The maximum atomic E-state index is 13.7. The van der Waals surface area contributed by atoms with Crippen LogP contribution in [0.4, 0.5) is 0 Å². The minimum Gasteiger partial charge on any atom is -0.340 e. The molecule has 3 aromatic rings. The molecule has 212 valence electrons. The summed E-state index contributed by atoms with van der Waals surface area (Å²) < 4.78 is 27.3. The number of sulfonamides is 1. The van der Waals surface area contributed by atoms with Gasteiger partial charge in [0.1, 0.15) is 12.1 Å². The zero-order valence-corrected chi connectivity index (χ0v) is 23.3. The lowest BCUT2D eigenvalue weighted by atomic mass is 10.0. The van der Waals surface area contributed by atoms with Gasteiger partial charge in [-0.25, -0.2) is 8.42 Å². The molecule has 0 bridgehead atoms. The SMILES string of the molecule is CCCC(NC(=O)c1ccc(-c2ccccc2)cc1)C(=O)N1CCC2C1C(=O)CN2S(=O)(=O)C(=O)c1cccnc1. The highest BCUT2D eigenvalue weighted by atomic mass is 32.2. The molecule has 41 heavy (non-hydrogen) atoms. The van der Waals surface area contributed by atoms with Gasteiger partial charge in [-0.15, -0.1) is 0 Å². The number of hydrogen-bond acceptors (Lipinski definition) is 7. The number of amides is 2. The standard InChI is InChI=1S/C30H30N4O6S/c1-2-7-24(32-28(36)22-13-11-21(12-14-22)20-8-4-3-5-9-20)29(37)33-17-15-25-27(33)26(35)19-34(25)41(39,40)30(38)23-10-6-16-31-18-23/h3-6,8-14,16,18,24-25,27H,2,7,15,17,19H2,1H3,(H,32,36). The molecule has 10 nitrogen and oxygen atoms in total. The second-order valence-corrected chi connectivity index (χ2v) is 11.9. The Morgan fingerprint density at radius 2 is 1.68 bits per heavy atom. The summed E-state index contributed by atoms with van der Waals surface area (Å²) in [5.41, 5.74) is 2.26. The van der Waals surface area contributed by atoms with Crippen molar-refractivity contribution >= 4 is 32.7 Å². The third kappa shape index (κ3) is 5.55. The normalized spacial score (nSPS) is 19.5. The lowest BCUT2D eigenvalue weighted by molar-refractivity contribution is -0.138. The zero-order chi connectivity index (χ0) is 29.1. The Bertz CT molecular complexity index is 1560. The molecule has 0 aliphatic carbocycles. The third-order valence-electron chi connectivity index (χ3n) is 7.54. The maximum absolute atomic E-state index is 13.7. The highest BCUT2D eigenvalue weighted by Crippen LogP contribution is 2.33. The van der Waals surface area contributed by atoms with E-state index in [4.69, 9.17) is 0 Å². The summed E-state index contributed by atoms with van der Waals surface area (Å²) >= 11 is 0. The van der Waals surface area contributed by atoms with Crippen molar-refractivity contribution in [2.45, 2.75) is 44.3 Å². The van der Waals surface area contributed by atoms with Crippen LogP contribution in [-0.2, 0) is 19.6 Å². The number of hydrogen-bond donors (Lipinski definition) is 1. The van der Waals surface area contributed by atoms with E-state index in [0.717, 1.165) is 21.6 Å². The van der Waals surface area contributed by atoms with Gasteiger partial charge in [0.05, 0.1) is 18.2 Å². The Balaban J connectivity index is 1.30. The van der Waals surface area contributed by atoms with Gasteiger partial charge in [-0.3, -0.25) is 24.2 Å². The Labute approximate surface area is 238 Å². The van der Waals surface area contributed by atoms with Gasteiger partial charge in [0.2, 0.25) is 5.91 Å². The first-order chi connectivity index (χ1) is 19.7. The molecule has 3 heterocycles. The Hall–Kier alpha value is -4.22. The first kappa shape index (κ1) is 28.3. The molecule has 3 atom stereocenters. The van der Waals surface area contributed by atoms with E-state index in [1.165, 1.54) is 23.2 Å². The minimum absolute atomic E-state index is 0.100. The molecule has 2 aliphatic rings. The number of fused-ring (bicyclic) bond motifs is 1. The fraction of sp³-hybridized carbons (Fsp3) is 0.300. The van der Waals surface area contributed by atoms with Gasteiger partial charge in [0, 0.05) is 24.5 Å². The van der Waals surface area contributed by atoms with Crippen LogP contribution in [0.25, 0.3) is 11.1 Å². The van der Waals surface area contributed by atoms with E-state index < -0.39 is 57.4 Å². The summed E-state index contributed by atoms with van der Waals surface area (Å²) in [4.78, 5) is 57.8. The van der Waals surface area contributed by atoms with Crippen LogP contribution < -0.4 is 5.32 Å². The molecule has 0 spiro atoms. The number of carbonyl (C=O) groups is 4. The molecule has 11 heteroatoms. The average Bonchev–Trinajstić information content (AvgIpc) is 3.58. The van der Waals surface area contributed by atoms with Crippen molar-refractivity contribution in [1.82, 2.24) is 19.5 Å². The van der Waals surface area contributed by atoms with Crippen molar-refractivity contribution in [2.75, 3.05) is 13.1 Å². The quantitative estimate of drug-likeness (QED) is 0.437. The largest absolute Gasteiger partial charge is 0.340 e. The number of Topliss-reactive ketones (excluding diaryl/α,β-unsaturated/α-hetero) is 1. The summed E-state index contributed by atoms with van der Waals surface area (Å²) in [6.45, 7) is 1.52. The molecule has 2 saturated heterocycles. The topological polar surface area (TPSA) is 134 Å². The van der Waals surface area contributed by atoms with Crippen molar-refractivity contribution < 1.29 is 27.6 Å². The summed E-state index contributed by atoms with van der Waals surface area (Å²) in [6, 6.07) is 16.8. The lowest BCUT2D eigenvalue weighted by Crippen LogP contribution is -2.52. The molecule has 5 rings (SSSR count). The number of carbonyl (C=O) groups excluding carboxylic acids is 4. The third-order valence-corrected chi connectivity index (χ3v) is 9.26. The molecule has 2 aromatic carbocycles. The summed E-state index contributed by atoms with van der Waals surface area (Å²) in [6.07, 6.45) is 3.73. The van der Waals surface area contributed by atoms with E-state index in [9.17, 15) is 27.6 Å². The Morgan fingerprint density at radius 1 is 0.976 bits per heavy atom. The number of likely N-dealkylation sites (tertiary alicyclic amines) is 1. The van der Waals surface area contributed by atoms with Crippen LogP contribution in [0.15, 0.2) is 79.1 Å². The number of nitrogens with zero attached hydrogens (tertiary/aromatic N) is 3. The second kappa shape index (κ2) is 11.7. The Morgan fingerprint density at radius 3 is 2.34 bits per heavy atom. The van der Waals surface area contributed by atoms with Gasteiger partial charge in [-0.05, 0) is 48.2 Å².